The van der Waals surface area contributed by atoms with Crippen LogP contribution >= 0.6 is 0 Å². The highest BCUT2D eigenvalue weighted by atomic mass is 19.1. The molecule has 2 rings (SSSR count). The molecular formula is C11H15F2N3O. The number of anilines is 1. The van der Waals surface area contributed by atoms with Crippen molar-refractivity contribution in [3.63, 3.8) is 0 Å². The molecule has 0 saturated carbocycles. The number of hydrogen-bond donors (Lipinski definition) is 1. The highest BCUT2D eigenvalue weighted by Crippen LogP contribution is 2.18. The highest BCUT2D eigenvalue weighted by molar-refractivity contribution is 5.34. The normalized spacial score (nSPS) is 16.4. The van der Waals surface area contributed by atoms with Crippen LogP contribution in [0.15, 0.2) is 6.07 Å². The third kappa shape index (κ3) is 3.03. The maximum absolute atomic E-state index is 13.2. The summed E-state index contributed by atoms with van der Waals surface area (Å²) in [6.07, 6.45) is 2.38. The van der Waals surface area contributed by atoms with Crippen LogP contribution in [0.4, 0.5) is 14.6 Å². The van der Waals surface area contributed by atoms with Crippen LogP contribution < -0.4 is 10.5 Å². The molecule has 94 valence electrons. The van der Waals surface area contributed by atoms with Gasteiger partial charge in [-0.15, -0.1) is 0 Å². The van der Waals surface area contributed by atoms with Gasteiger partial charge in [0.05, 0.1) is 0 Å². The van der Waals surface area contributed by atoms with Crippen molar-refractivity contribution in [3.05, 3.63) is 17.7 Å². The van der Waals surface area contributed by atoms with Gasteiger partial charge >= 0.3 is 0 Å². The van der Waals surface area contributed by atoms with E-state index in [2.05, 4.69) is 9.88 Å². The minimum absolute atomic E-state index is 0.233. The van der Waals surface area contributed by atoms with Crippen LogP contribution in [-0.4, -0.2) is 36.1 Å². The Kier molecular flexibility index (Phi) is 3.73. The third-order valence-corrected chi connectivity index (χ3v) is 2.77. The minimum atomic E-state index is -0.866. The monoisotopic (exact) mass is 243 g/mol. The molecule has 6 heteroatoms. The largest absolute Gasteiger partial charge is 0.474 e. The van der Waals surface area contributed by atoms with E-state index in [0.717, 1.165) is 19.6 Å². The number of pyridine rings is 1. The molecule has 0 aromatic carbocycles. The first-order valence-electron chi connectivity index (χ1n) is 5.63. The topological polar surface area (TPSA) is 51.4 Å². The zero-order valence-electron chi connectivity index (χ0n) is 9.46. The molecule has 1 saturated heterocycles. The molecule has 1 aliphatic heterocycles. The van der Waals surface area contributed by atoms with Gasteiger partial charge in [0, 0.05) is 12.6 Å². The van der Waals surface area contributed by atoms with E-state index in [1.54, 1.807) is 0 Å². The zero-order valence-corrected chi connectivity index (χ0v) is 9.46. The van der Waals surface area contributed by atoms with Crippen molar-refractivity contribution in [2.24, 2.45) is 0 Å². The summed E-state index contributed by atoms with van der Waals surface area (Å²) in [6.45, 7) is 3.14. The van der Waals surface area contributed by atoms with E-state index in [4.69, 9.17) is 10.5 Å². The van der Waals surface area contributed by atoms with Crippen LogP contribution in [0, 0.1) is 11.6 Å². The minimum Gasteiger partial charge on any atom is -0.474 e. The average Bonchev–Trinajstić information content (AvgIpc) is 2.78. The summed E-state index contributed by atoms with van der Waals surface area (Å²) in [5.74, 6) is -2.27. The summed E-state index contributed by atoms with van der Waals surface area (Å²) in [7, 11) is 0. The highest BCUT2D eigenvalue weighted by Gasteiger charge is 2.13. The van der Waals surface area contributed by atoms with E-state index >= 15 is 0 Å². The molecule has 0 amide bonds. The van der Waals surface area contributed by atoms with Gasteiger partial charge < -0.3 is 10.5 Å². The SMILES string of the molecule is Nc1nc(OCCN2CCCC2)c(F)cc1F. The molecule has 1 aliphatic rings. The van der Waals surface area contributed by atoms with Gasteiger partial charge in [0.2, 0.25) is 0 Å². The molecule has 2 heterocycles. The maximum atomic E-state index is 13.2. The fraction of sp³-hybridized carbons (Fsp3) is 0.545. The summed E-state index contributed by atoms with van der Waals surface area (Å²) in [5.41, 5.74) is 5.24. The lowest BCUT2D eigenvalue weighted by Crippen LogP contribution is -2.25. The number of hydrogen-bond acceptors (Lipinski definition) is 4. The van der Waals surface area contributed by atoms with Gasteiger partial charge in [-0.25, -0.2) is 8.78 Å². The standard InChI is InChI=1S/C11H15F2N3O/c12-8-7-9(13)11(15-10(8)14)17-6-5-16-3-1-2-4-16/h7H,1-6H2,(H2,14,15). The Morgan fingerprint density at radius 3 is 2.71 bits per heavy atom. The quantitative estimate of drug-likeness (QED) is 0.868. The Morgan fingerprint density at radius 2 is 2.00 bits per heavy atom. The Balaban J connectivity index is 1.87. The molecule has 0 radical (unpaired) electrons. The van der Waals surface area contributed by atoms with Gasteiger partial charge in [0.1, 0.15) is 6.61 Å². The first kappa shape index (κ1) is 12.0. The first-order chi connectivity index (χ1) is 8.16. The fourth-order valence-corrected chi connectivity index (χ4v) is 1.84. The molecule has 0 unspecified atom stereocenters. The van der Waals surface area contributed by atoms with Gasteiger partial charge in [0.15, 0.2) is 17.5 Å². The second kappa shape index (κ2) is 5.27. The first-order valence-corrected chi connectivity index (χ1v) is 5.63. The van der Waals surface area contributed by atoms with Crippen LogP contribution in [-0.2, 0) is 0 Å². The summed E-state index contributed by atoms with van der Waals surface area (Å²) in [6, 6.07) is 0.688. The van der Waals surface area contributed by atoms with E-state index in [1.165, 1.54) is 12.8 Å². The van der Waals surface area contributed by atoms with Crippen molar-refractivity contribution in [1.29, 1.82) is 0 Å². The maximum Gasteiger partial charge on any atom is 0.252 e. The number of likely N-dealkylation sites (tertiary alicyclic amines) is 1. The van der Waals surface area contributed by atoms with Crippen LogP contribution in [0.5, 0.6) is 5.88 Å². The molecule has 0 aliphatic carbocycles. The van der Waals surface area contributed by atoms with Crippen LogP contribution in [0.25, 0.3) is 0 Å². The van der Waals surface area contributed by atoms with E-state index < -0.39 is 11.6 Å². The van der Waals surface area contributed by atoms with E-state index in [-0.39, 0.29) is 11.7 Å². The lowest BCUT2D eigenvalue weighted by atomic mass is 10.4. The van der Waals surface area contributed by atoms with Gasteiger partial charge in [-0.05, 0) is 25.9 Å². The average molecular weight is 243 g/mol. The number of rotatable bonds is 4. The molecule has 0 atom stereocenters. The predicted octanol–water partition coefficient (Wildman–Crippen LogP) is 1.42. The smallest absolute Gasteiger partial charge is 0.252 e. The van der Waals surface area contributed by atoms with Crippen LogP contribution in [0.1, 0.15) is 12.8 Å². The van der Waals surface area contributed by atoms with Gasteiger partial charge in [-0.3, -0.25) is 4.90 Å². The zero-order chi connectivity index (χ0) is 12.3. The summed E-state index contributed by atoms with van der Waals surface area (Å²) >= 11 is 0. The Morgan fingerprint density at radius 1 is 1.29 bits per heavy atom. The van der Waals surface area contributed by atoms with Crippen LogP contribution in [0.2, 0.25) is 0 Å². The summed E-state index contributed by atoms with van der Waals surface area (Å²) in [4.78, 5) is 5.75. The van der Waals surface area contributed by atoms with E-state index in [0.29, 0.717) is 12.7 Å². The Bertz CT molecular complexity index is 395. The molecule has 0 spiro atoms. The Labute approximate surface area is 98.4 Å². The number of aromatic nitrogens is 1. The van der Waals surface area contributed by atoms with Gasteiger partial charge in [-0.1, -0.05) is 0 Å². The lowest BCUT2D eigenvalue weighted by molar-refractivity contribution is 0.224. The van der Waals surface area contributed by atoms with Crippen molar-refractivity contribution < 1.29 is 13.5 Å². The summed E-state index contributed by atoms with van der Waals surface area (Å²) in [5, 5.41) is 0. The number of nitrogens with zero attached hydrogens (tertiary/aromatic N) is 2. The molecular weight excluding hydrogens is 228 g/mol. The van der Waals surface area contributed by atoms with Crippen LogP contribution in [0.3, 0.4) is 0 Å². The number of ether oxygens (including phenoxy) is 1. The summed E-state index contributed by atoms with van der Waals surface area (Å²) < 4.78 is 31.2. The van der Waals surface area contributed by atoms with Crippen molar-refractivity contribution in [2.45, 2.75) is 12.8 Å². The predicted molar refractivity (Wildman–Crippen MR) is 59.7 cm³/mol. The lowest BCUT2D eigenvalue weighted by Gasteiger charge is -2.14. The molecule has 17 heavy (non-hydrogen) atoms. The molecule has 1 aromatic heterocycles. The van der Waals surface area contributed by atoms with Crippen molar-refractivity contribution in [2.75, 3.05) is 32.0 Å². The fourth-order valence-electron chi connectivity index (χ4n) is 1.84. The van der Waals surface area contributed by atoms with Gasteiger partial charge in [-0.2, -0.15) is 4.98 Å². The molecule has 2 N–H and O–H groups in total. The van der Waals surface area contributed by atoms with E-state index in [9.17, 15) is 8.78 Å². The van der Waals surface area contributed by atoms with Crippen molar-refractivity contribution >= 4 is 5.82 Å². The number of nitrogens with two attached hydrogens (primary N) is 1. The van der Waals surface area contributed by atoms with E-state index in [1.807, 2.05) is 0 Å². The number of halogens is 2. The third-order valence-electron chi connectivity index (χ3n) is 2.77. The van der Waals surface area contributed by atoms with Gasteiger partial charge in [0.25, 0.3) is 5.88 Å². The van der Waals surface area contributed by atoms with Crippen molar-refractivity contribution in [3.8, 4) is 5.88 Å². The molecule has 4 nitrogen and oxygen atoms in total. The second-order valence-corrected chi connectivity index (χ2v) is 4.04. The molecule has 1 fully saturated rings. The number of nitrogen functional groups attached to an aromatic ring is 1. The molecule has 0 bridgehead atoms. The second-order valence-electron chi connectivity index (χ2n) is 4.04. The molecule has 1 aromatic rings. The Hall–Kier alpha value is -1.43. The van der Waals surface area contributed by atoms with Crippen molar-refractivity contribution in [1.82, 2.24) is 9.88 Å².